The van der Waals surface area contributed by atoms with Gasteiger partial charge in [0.1, 0.15) is 0 Å². The Morgan fingerprint density at radius 3 is 1.74 bits per heavy atom. The van der Waals surface area contributed by atoms with E-state index in [4.69, 9.17) is 0 Å². The first-order valence-corrected chi connectivity index (χ1v) is 16.2. The van der Waals surface area contributed by atoms with E-state index in [1.165, 1.54) is 44.9 Å². The van der Waals surface area contributed by atoms with Crippen LogP contribution in [0.2, 0.25) is 0 Å². The third-order valence-corrected chi connectivity index (χ3v) is 13.2. The monoisotopic (exact) mass is 480 g/mol. The van der Waals surface area contributed by atoms with Gasteiger partial charge >= 0.3 is 0 Å². The number of rotatable bonds is 6. The van der Waals surface area contributed by atoms with Crippen molar-refractivity contribution in [1.29, 1.82) is 0 Å². The second-order valence-corrected chi connectivity index (χ2v) is 16.6. The Morgan fingerprint density at radius 2 is 1.29 bits per heavy atom. The molecule has 35 heavy (non-hydrogen) atoms. The van der Waals surface area contributed by atoms with E-state index in [0.29, 0.717) is 10.8 Å². The van der Waals surface area contributed by atoms with Gasteiger partial charge < -0.3 is 0 Å². The standard InChI is InChI=1S/C35H60/c1-8-9-10-12-24-13-14-27(21-24)35(19-11-20-35)32-30-22-25(33(2,3)4)15-17-28(30)29-18-16-26(23-31(29)32)34(5,6)7/h8,24-32H,1,9-23H2,2-7H3. The fourth-order valence-electron chi connectivity index (χ4n) is 11.1. The van der Waals surface area contributed by atoms with Crippen molar-refractivity contribution < 1.29 is 0 Å². The van der Waals surface area contributed by atoms with Gasteiger partial charge in [0, 0.05) is 0 Å². The predicted octanol–water partition coefficient (Wildman–Crippen LogP) is 10.7. The number of fused-ring (bicyclic) bond motifs is 3. The summed E-state index contributed by atoms with van der Waals surface area (Å²) in [5, 5.41) is 0. The van der Waals surface area contributed by atoms with Crippen LogP contribution in [0, 0.1) is 69.5 Å². The van der Waals surface area contributed by atoms with Crippen LogP contribution in [0.1, 0.15) is 138 Å². The van der Waals surface area contributed by atoms with Crippen molar-refractivity contribution in [2.24, 2.45) is 69.5 Å². The van der Waals surface area contributed by atoms with Gasteiger partial charge in [0.05, 0.1) is 0 Å². The smallest absolute Gasteiger partial charge is 0.0235 e. The summed E-state index contributed by atoms with van der Waals surface area (Å²) in [5.41, 5.74) is 1.72. The third kappa shape index (κ3) is 4.85. The first-order chi connectivity index (χ1) is 16.5. The summed E-state index contributed by atoms with van der Waals surface area (Å²) < 4.78 is 0. The van der Waals surface area contributed by atoms with Crippen LogP contribution in [-0.2, 0) is 0 Å². The fraction of sp³-hybridized carbons (Fsp3) is 0.943. The van der Waals surface area contributed by atoms with Crippen LogP contribution in [0.15, 0.2) is 12.7 Å². The minimum atomic E-state index is 0.494. The summed E-state index contributed by atoms with van der Waals surface area (Å²) in [5.74, 6) is 9.32. The van der Waals surface area contributed by atoms with Crippen molar-refractivity contribution in [3.63, 3.8) is 0 Å². The third-order valence-electron chi connectivity index (χ3n) is 13.2. The minimum Gasteiger partial charge on any atom is -0.103 e. The molecule has 5 rings (SSSR count). The molecule has 200 valence electrons. The summed E-state index contributed by atoms with van der Waals surface area (Å²) >= 11 is 0. The Balaban J connectivity index is 1.43. The Kier molecular flexibility index (Phi) is 7.38. The van der Waals surface area contributed by atoms with E-state index in [1.54, 1.807) is 51.4 Å². The molecule has 0 aromatic heterocycles. The van der Waals surface area contributed by atoms with Crippen LogP contribution in [-0.4, -0.2) is 0 Å². The zero-order valence-corrected chi connectivity index (χ0v) is 24.6. The van der Waals surface area contributed by atoms with Crippen molar-refractivity contribution in [2.75, 3.05) is 0 Å². The van der Waals surface area contributed by atoms with Crippen LogP contribution in [0.5, 0.6) is 0 Å². The van der Waals surface area contributed by atoms with Crippen molar-refractivity contribution in [1.82, 2.24) is 0 Å². The molecule has 0 radical (unpaired) electrons. The molecule has 0 nitrogen and oxygen atoms in total. The Hall–Kier alpha value is -0.260. The van der Waals surface area contributed by atoms with Crippen molar-refractivity contribution in [2.45, 2.75) is 138 Å². The quantitative estimate of drug-likeness (QED) is 0.262. The summed E-state index contributed by atoms with van der Waals surface area (Å²) in [4.78, 5) is 0. The van der Waals surface area contributed by atoms with Gasteiger partial charge in [-0.25, -0.2) is 0 Å². The normalized spacial score (nSPS) is 43.3. The molecule has 5 aliphatic carbocycles. The lowest BCUT2D eigenvalue weighted by Crippen LogP contribution is -2.49. The Bertz CT molecular complexity index is 688. The van der Waals surface area contributed by atoms with Gasteiger partial charge in [-0.1, -0.05) is 66.9 Å². The molecule has 8 unspecified atom stereocenters. The molecule has 0 aromatic carbocycles. The average molecular weight is 481 g/mol. The zero-order valence-electron chi connectivity index (χ0n) is 24.6. The first-order valence-electron chi connectivity index (χ1n) is 16.2. The molecular formula is C35H60. The summed E-state index contributed by atoms with van der Waals surface area (Å²) in [6.45, 7) is 19.3. The van der Waals surface area contributed by atoms with Crippen molar-refractivity contribution in [3.05, 3.63) is 12.7 Å². The molecule has 0 aliphatic heterocycles. The molecule has 8 atom stereocenters. The van der Waals surface area contributed by atoms with E-state index >= 15 is 0 Å². The lowest BCUT2D eigenvalue weighted by molar-refractivity contribution is -0.0797. The van der Waals surface area contributed by atoms with Crippen LogP contribution in [0.3, 0.4) is 0 Å². The maximum Gasteiger partial charge on any atom is -0.0235 e. The molecule has 0 N–H and O–H groups in total. The largest absolute Gasteiger partial charge is 0.103 e. The highest BCUT2D eigenvalue weighted by Crippen LogP contribution is 2.71. The van der Waals surface area contributed by atoms with E-state index in [-0.39, 0.29) is 0 Å². The molecule has 0 amide bonds. The molecule has 5 aliphatic rings. The van der Waals surface area contributed by atoms with Gasteiger partial charge in [-0.05, 0) is 147 Å². The molecule has 0 aromatic rings. The number of hydrogen-bond donors (Lipinski definition) is 0. The van der Waals surface area contributed by atoms with Crippen molar-refractivity contribution >= 4 is 0 Å². The highest BCUT2D eigenvalue weighted by molar-refractivity contribution is 5.12. The second-order valence-electron chi connectivity index (χ2n) is 16.6. The van der Waals surface area contributed by atoms with Crippen molar-refractivity contribution in [3.8, 4) is 0 Å². The lowest BCUT2D eigenvalue weighted by Gasteiger charge is -2.57. The summed E-state index contributed by atoms with van der Waals surface area (Å²) in [6.07, 6.45) is 24.9. The lowest BCUT2D eigenvalue weighted by atomic mass is 9.48. The molecule has 0 heteroatoms. The van der Waals surface area contributed by atoms with Gasteiger partial charge in [-0.15, -0.1) is 6.58 Å². The van der Waals surface area contributed by atoms with Gasteiger partial charge in [-0.2, -0.15) is 0 Å². The van der Waals surface area contributed by atoms with Gasteiger partial charge in [-0.3, -0.25) is 0 Å². The molecule has 0 bridgehead atoms. The van der Waals surface area contributed by atoms with Crippen LogP contribution in [0.25, 0.3) is 0 Å². The number of allylic oxidation sites excluding steroid dienone is 1. The van der Waals surface area contributed by atoms with E-state index < -0.39 is 0 Å². The Morgan fingerprint density at radius 1 is 0.714 bits per heavy atom. The second kappa shape index (κ2) is 9.80. The van der Waals surface area contributed by atoms with Crippen LogP contribution < -0.4 is 0 Å². The van der Waals surface area contributed by atoms with E-state index in [2.05, 4.69) is 54.2 Å². The Labute approximate surface area is 219 Å². The van der Waals surface area contributed by atoms with Crippen LogP contribution in [0.4, 0.5) is 0 Å². The maximum absolute atomic E-state index is 3.98. The van der Waals surface area contributed by atoms with Gasteiger partial charge in [0.25, 0.3) is 0 Å². The van der Waals surface area contributed by atoms with Gasteiger partial charge in [0.15, 0.2) is 0 Å². The number of unbranched alkanes of at least 4 members (excludes halogenated alkanes) is 1. The minimum absolute atomic E-state index is 0.494. The topological polar surface area (TPSA) is 0 Å². The highest BCUT2D eigenvalue weighted by atomic mass is 14.7. The predicted molar refractivity (Wildman–Crippen MR) is 152 cm³/mol. The summed E-state index contributed by atoms with van der Waals surface area (Å²) in [7, 11) is 0. The van der Waals surface area contributed by atoms with E-state index in [9.17, 15) is 0 Å². The van der Waals surface area contributed by atoms with E-state index in [1.807, 2.05) is 0 Å². The maximum atomic E-state index is 3.98. The zero-order chi connectivity index (χ0) is 25.0. The highest BCUT2D eigenvalue weighted by Gasteiger charge is 2.63. The first kappa shape index (κ1) is 26.4. The summed E-state index contributed by atoms with van der Waals surface area (Å²) in [6, 6.07) is 0. The SMILES string of the molecule is C=CCCCC1CCC(C2(C3C4CC(C(C)(C)C)CCC4C4CCC(C(C)(C)C)CC43)CCC2)C1. The molecular weight excluding hydrogens is 420 g/mol. The van der Waals surface area contributed by atoms with Gasteiger partial charge in [0.2, 0.25) is 0 Å². The van der Waals surface area contributed by atoms with E-state index in [0.717, 1.165) is 58.7 Å². The van der Waals surface area contributed by atoms with Crippen LogP contribution >= 0.6 is 0 Å². The number of hydrogen-bond acceptors (Lipinski definition) is 0. The fourth-order valence-corrected chi connectivity index (χ4v) is 11.1. The molecule has 0 saturated heterocycles. The molecule has 0 spiro atoms. The molecule has 5 fully saturated rings. The average Bonchev–Trinajstić information content (AvgIpc) is 3.35. The molecule has 0 heterocycles. The molecule has 5 saturated carbocycles.